The van der Waals surface area contributed by atoms with E-state index in [0.29, 0.717) is 11.1 Å². The van der Waals surface area contributed by atoms with Crippen LogP contribution in [0.15, 0.2) is 54.6 Å². The zero-order valence-electron chi connectivity index (χ0n) is 10.2. The van der Waals surface area contributed by atoms with Gasteiger partial charge in [-0.15, -0.1) is 0 Å². The highest BCUT2D eigenvalue weighted by Gasteiger charge is 2.08. The molecule has 98 valence electrons. The fraction of sp³-hybridized carbons (Fsp3) is 0.133. The molecule has 0 bridgehead atoms. The summed E-state index contributed by atoms with van der Waals surface area (Å²) in [4.78, 5) is 11.8. The molecular formula is C15H14O4. The average molecular weight is 258 g/mol. The van der Waals surface area contributed by atoms with Gasteiger partial charge in [-0.3, -0.25) is 0 Å². The Bertz CT molecular complexity index is 532. The van der Waals surface area contributed by atoms with Crippen LogP contribution in [0.1, 0.15) is 27.8 Å². The van der Waals surface area contributed by atoms with Crippen LogP contribution < -0.4 is 0 Å². The summed E-state index contributed by atoms with van der Waals surface area (Å²) in [6.07, 6.45) is -1.53. The highest BCUT2D eigenvalue weighted by molar-refractivity contribution is 5.89. The molecular weight excluding hydrogens is 244 g/mol. The number of aliphatic hydroxyl groups excluding tert-OH is 1. The van der Waals surface area contributed by atoms with Gasteiger partial charge in [0.2, 0.25) is 0 Å². The van der Waals surface area contributed by atoms with Crippen LogP contribution in [0, 0.1) is 0 Å². The molecule has 2 N–H and O–H groups in total. The van der Waals surface area contributed by atoms with Crippen LogP contribution in [0.4, 0.5) is 0 Å². The second-order valence-electron chi connectivity index (χ2n) is 4.06. The second kappa shape index (κ2) is 6.13. The number of ether oxygens (including phenoxy) is 1. The molecule has 0 saturated carbocycles. The van der Waals surface area contributed by atoms with Crippen molar-refractivity contribution >= 4 is 5.97 Å². The summed E-state index contributed by atoms with van der Waals surface area (Å²) >= 11 is 0. The largest absolute Gasteiger partial charge is 0.457 e. The molecule has 0 amide bonds. The standard InChI is InChI=1S/C15H14O4/c16-14(17)12-6-8-13(9-7-12)15(18)19-10-11-4-2-1-3-5-11/h1-9,14,16-17H,10H2. The van der Waals surface area contributed by atoms with Crippen molar-refractivity contribution in [3.63, 3.8) is 0 Å². The Morgan fingerprint density at radius 3 is 2.21 bits per heavy atom. The van der Waals surface area contributed by atoms with E-state index in [2.05, 4.69) is 0 Å². The quantitative estimate of drug-likeness (QED) is 0.650. The Morgan fingerprint density at radius 2 is 1.63 bits per heavy atom. The smallest absolute Gasteiger partial charge is 0.338 e. The molecule has 0 atom stereocenters. The minimum absolute atomic E-state index is 0.212. The summed E-state index contributed by atoms with van der Waals surface area (Å²) in [7, 11) is 0. The molecule has 0 radical (unpaired) electrons. The third-order valence-corrected chi connectivity index (χ3v) is 2.66. The van der Waals surface area contributed by atoms with Crippen LogP contribution in [-0.4, -0.2) is 16.2 Å². The molecule has 0 saturated heterocycles. The number of esters is 1. The molecule has 0 fully saturated rings. The number of aliphatic hydroxyl groups is 2. The highest BCUT2D eigenvalue weighted by atomic mass is 16.5. The maximum Gasteiger partial charge on any atom is 0.338 e. The molecule has 19 heavy (non-hydrogen) atoms. The van der Waals surface area contributed by atoms with Gasteiger partial charge in [0.15, 0.2) is 6.29 Å². The fourth-order valence-electron chi connectivity index (χ4n) is 1.60. The molecule has 4 nitrogen and oxygen atoms in total. The molecule has 2 aromatic rings. The summed E-state index contributed by atoms with van der Waals surface area (Å²) in [6.45, 7) is 0.212. The lowest BCUT2D eigenvalue weighted by atomic mass is 10.1. The predicted octanol–water partition coefficient (Wildman–Crippen LogP) is 2.03. The maximum absolute atomic E-state index is 11.8. The Morgan fingerprint density at radius 1 is 1.00 bits per heavy atom. The molecule has 0 spiro atoms. The monoisotopic (exact) mass is 258 g/mol. The molecule has 2 aromatic carbocycles. The van der Waals surface area contributed by atoms with Crippen molar-refractivity contribution in [1.82, 2.24) is 0 Å². The first-order chi connectivity index (χ1) is 9.16. The van der Waals surface area contributed by atoms with Gasteiger partial charge in [-0.25, -0.2) is 4.79 Å². The van der Waals surface area contributed by atoms with E-state index < -0.39 is 12.3 Å². The Labute approximate surface area is 110 Å². The van der Waals surface area contributed by atoms with E-state index in [9.17, 15) is 4.79 Å². The van der Waals surface area contributed by atoms with Gasteiger partial charge in [-0.1, -0.05) is 42.5 Å². The zero-order chi connectivity index (χ0) is 13.7. The van der Waals surface area contributed by atoms with Crippen molar-refractivity contribution in [2.75, 3.05) is 0 Å². The van der Waals surface area contributed by atoms with Gasteiger partial charge in [0.05, 0.1) is 5.56 Å². The molecule has 2 rings (SSSR count). The fourth-order valence-corrected chi connectivity index (χ4v) is 1.60. The highest BCUT2D eigenvalue weighted by Crippen LogP contribution is 2.12. The van der Waals surface area contributed by atoms with Crippen LogP contribution in [0.2, 0.25) is 0 Å². The SMILES string of the molecule is O=C(OCc1ccccc1)c1ccc(C(O)O)cc1. The molecule has 0 unspecified atom stereocenters. The van der Waals surface area contributed by atoms with E-state index in [4.69, 9.17) is 14.9 Å². The Kier molecular flexibility index (Phi) is 4.28. The Hall–Kier alpha value is -2.17. The summed E-state index contributed by atoms with van der Waals surface area (Å²) in [5.74, 6) is -0.442. The molecule has 0 aliphatic carbocycles. The maximum atomic E-state index is 11.8. The number of carbonyl (C=O) groups is 1. The summed E-state index contributed by atoms with van der Waals surface area (Å²) in [5, 5.41) is 17.9. The minimum atomic E-state index is -1.53. The van der Waals surface area contributed by atoms with E-state index in [1.807, 2.05) is 30.3 Å². The molecule has 0 aliphatic heterocycles. The van der Waals surface area contributed by atoms with Gasteiger partial charge in [0.25, 0.3) is 0 Å². The first-order valence-electron chi connectivity index (χ1n) is 5.84. The lowest BCUT2D eigenvalue weighted by molar-refractivity contribution is -0.0425. The van der Waals surface area contributed by atoms with Crippen molar-refractivity contribution in [1.29, 1.82) is 0 Å². The second-order valence-corrected chi connectivity index (χ2v) is 4.06. The number of hydrogen-bond acceptors (Lipinski definition) is 4. The normalized spacial score (nSPS) is 10.5. The van der Waals surface area contributed by atoms with Crippen LogP contribution in [-0.2, 0) is 11.3 Å². The van der Waals surface area contributed by atoms with Crippen LogP contribution in [0.5, 0.6) is 0 Å². The van der Waals surface area contributed by atoms with Gasteiger partial charge in [-0.05, 0) is 17.7 Å². The van der Waals surface area contributed by atoms with Gasteiger partial charge < -0.3 is 14.9 Å². The molecule has 0 aliphatic rings. The van der Waals surface area contributed by atoms with Crippen LogP contribution in [0.25, 0.3) is 0 Å². The van der Waals surface area contributed by atoms with E-state index in [-0.39, 0.29) is 6.61 Å². The van der Waals surface area contributed by atoms with E-state index in [0.717, 1.165) is 5.56 Å². The number of benzene rings is 2. The summed E-state index contributed by atoms with van der Waals surface area (Å²) in [5.41, 5.74) is 1.62. The van der Waals surface area contributed by atoms with Crippen molar-refractivity contribution in [3.8, 4) is 0 Å². The topological polar surface area (TPSA) is 66.8 Å². The summed E-state index contributed by atoms with van der Waals surface area (Å²) < 4.78 is 5.15. The summed E-state index contributed by atoms with van der Waals surface area (Å²) in [6, 6.07) is 15.3. The van der Waals surface area contributed by atoms with Crippen molar-refractivity contribution in [3.05, 3.63) is 71.3 Å². The van der Waals surface area contributed by atoms with Gasteiger partial charge in [0.1, 0.15) is 6.61 Å². The zero-order valence-corrected chi connectivity index (χ0v) is 10.2. The molecule has 0 heterocycles. The first kappa shape index (κ1) is 13.3. The van der Waals surface area contributed by atoms with Gasteiger partial charge in [-0.2, -0.15) is 0 Å². The molecule has 0 aromatic heterocycles. The number of hydrogen-bond donors (Lipinski definition) is 2. The van der Waals surface area contributed by atoms with E-state index in [1.165, 1.54) is 24.3 Å². The van der Waals surface area contributed by atoms with Gasteiger partial charge in [0, 0.05) is 5.56 Å². The molecule has 4 heteroatoms. The first-order valence-corrected chi connectivity index (χ1v) is 5.84. The van der Waals surface area contributed by atoms with Crippen molar-refractivity contribution < 1.29 is 19.7 Å². The van der Waals surface area contributed by atoms with E-state index >= 15 is 0 Å². The number of rotatable bonds is 4. The predicted molar refractivity (Wildman–Crippen MR) is 69.2 cm³/mol. The third-order valence-electron chi connectivity index (χ3n) is 2.66. The van der Waals surface area contributed by atoms with Gasteiger partial charge >= 0.3 is 5.97 Å². The van der Waals surface area contributed by atoms with Crippen LogP contribution in [0.3, 0.4) is 0 Å². The lowest BCUT2D eigenvalue weighted by Crippen LogP contribution is -2.05. The lowest BCUT2D eigenvalue weighted by Gasteiger charge is -2.06. The van der Waals surface area contributed by atoms with Crippen LogP contribution >= 0.6 is 0 Å². The van der Waals surface area contributed by atoms with E-state index in [1.54, 1.807) is 0 Å². The number of carbonyl (C=O) groups excluding carboxylic acids is 1. The van der Waals surface area contributed by atoms with Crippen molar-refractivity contribution in [2.45, 2.75) is 12.9 Å². The third kappa shape index (κ3) is 3.64. The Balaban J connectivity index is 1.96. The minimum Gasteiger partial charge on any atom is -0.457 e. The van der Waals surface area contributed by atoms with Crippen molar-refractivity contribution in [2.24, 2.45) is 0 Å². The average Bonchev–Trinajstić information content (AvgIpc) is 2.46.